The second-order valence-electron chi connectivity index (χ2n) is 4.64. The molecule has 2 rings (SSSR count). The maximum atomic E-state index is 4.16. The molecular weight excluding hydrogens is 292 g/mol. The second-order valence-corrected chi connectivity index (χ2v) is 5.50. The van der Waals surface area contributed by atoms with Crippen LogP contribution in [0.15, 0.2) is 28.9 Å². The first-order valence-electron chi connectivity index (χ1n) is 5.97. The molecule has 1 heterocycles. The van der Waals surface area contributed by atoms with Crippen LogP contribution in [0.3, 0.4) is 0 Å². The number of aryl methyl sites for hydroxylation is 1. The van der Waals surface area contributed by atoms with Crippen molar-refractivity contribution in [1.82, 2.24) is 20.3 Å². The summed E-state index contributed by atoms with van der Waals surface area (Å²) in [5, 5.41) is 11.6. The van der Waals surface area contributed by atoms with Gasteiger partial charge in [-0.25, -0.2) is 4.68 Å². The van der Waals surface area contributed by atoms with Crippen LogP contribution >= 0.6 is 15.9 Å². The fourth-order valence-corrected chi connectivity index (χ4v) is 2.28. The summed E-state index contributed by atoms with van der Waals surface area (Å²) in [6.07, 6.45) is 1.95. The number of benzene rings is 1. The van der Waals surface area contributed by atoms with Gasteiger partial charge in [-0.2, -0.15) is 0 Å². The lowest BCUT2D eigenvalue weighted by molar-refractivity contribution is 0.580. The molecule has 0 bridgehead atoms. The number of rotatable bonds is 4. The van der Waals surface area contributed by atoms with Gasteiger partial charge in [-0.15, -0.1) is 5.10 Å². The van der Waals surface area contributed by atoms with Crippen LogP contribution < -0.4 is 5.32 Å². The summed E-state index contributed by atoms with van der Waals surface area (Å²) < 4.78 is 2.82. The Hall–Kier alpha value is -1.20. The van der Waals surface area contributed by atoms with Gasteiger partial charge in [0.25, 0.3) is 0 Å². The molecule has 0 saturated carbocycles. The molecule has 0 aliphatic heterocycles. The molecule has 4 nitrogen and oxygen atoms in total. The third-order valence-electron chi connectivity index (χ3n) is 2.58. The summed E-state index contributed by atoms with van der Waals surface area (Å²) in [4.78, 5) is 0. The van der Waals surface area contributed by atoms with E-state index >= 15 is 0 Å². The highest BCUT2D eigenvalue weighted by molar-refractivity contribution is 9.10. The number of hydrogen-bond acceptors (Lipinski definition) is 3. The van der Waals surface area contributed by atoms with Crippen molar-refractivity contribution >= 4 is 15.9 Å². The number of aromatic nitrogens is 3. The fraction of sp³-hybridized carbons (Fsp3) is 0.385. The predicted octanol–water partition coefficient (Wildman–Crippen LogP) is 2.84. The first-order chi connectivity index (χ1) is 8.56. The minimum atomic E-state index is 0.446. The molecule has 0 spiro atoms. The van der Waals surface area contributed by atoms with E-state index in [4.69, 9.17) is 0 Å². The van der Waals surface area contributed by atoms with Gasteiger partial charge in [0.1, 0.15) is 0 Å². The highest BCUT2D eigenvalue weighted by Crippen LogP contribution is 2.21. The smallest absolute Gasteiger partial charge is 0.0969 e. The summed E-state index contributed by atoms with van der Waals surface area (Å²) in [7, 11) is 0. The molecule has 1 aromatic heterocycles. The number of nitrogens with one attached hydrogen (secondary N) is 1. The average molecular weight is 309 g/mol. The molecular formula is C13H17BrN4. The zero-order valence-electron chi connectivity index (χ0n) is 10.8. The van der Waals surface area contributed by atoms with Crippen molar-refractivity contribution in [1.29, 1.82) is 0 Å². The van der Waals surface area contributed by atoms with Gasteiger partial charge < -0.3 is 5.32 Å². The van der Waals surface area contributed by atoms with Crippen LogP contribution in [0.1, 0.15) is 25.1 Å². The van der Waals surface area contributed by atoms with Crippen LogP contribution in [0.2, 0.25) is 0 Å². The average Bonchev–Trinajstić information content (AvgIpc) is 2.75. The highest BCUT2D eigenvalue weighted by Gasteiger charge is 2.06. The molecule has 1 aromatic carbocycles. The Morgan fingerprint density at radius 3 is 2.83 bits per heavy atom. The van der Waals surface area contributed by atoms with Crippen molar-refractivity contribution < 1.29 is 0 Å². The van der Waals surface area contributed by atoms with Crippen LogP contribution in [0.4, 0.5) is 0 Å². The number of nitrogens with zero attached hydrogens (tertiary/aromatic N) is 3. The van der Waals surface area contributed by atoms with E-state index in [-0.39, 0.29) is 0 Å². The Morgan fingerprint density at radius 2 is 2.17 bits per heavy atom. The fourth-order valence-electron chi connectivity index (χ4n) is 1.60. The van der Waals surface area contributed by atoms with E-state index in [1.54, 1.807) is 4.68 Å². The summed E-state index contributed by atoms with van der Waals surface area (Å²) in [6.45, 7) is 7.02. The Labute approximate surface area is 116 Å². The molecule has 0 atom stereocenters. The normalized spacial score (nSPS) is 11.2. The zero-order valence-corrected chi connectivity index (χ0v) is 12.4. The van der Waals surface area contributed by atoms with Gasteiger partial charge in [0.2, 0.25) is 0 Å². The molecule has 0 aliphatic carbocycles. The predicted molar refractivity (Wildman–Crippen MR) is 75.8 cm³/mol. The van der Waals surface area contributed by atoms with Gasteiger partial charge >= 0.3 is 0 Å². The molecule has 96 valence electrons. The van der Waals surface area contributed by atoms with Crippen LogP contribution in [0, 0.1) is 6.92 Å². The van der Waals surface area contributed by atoms with Crippen LogP contribution in [-0.4, -0.2) is 21.0 Å². The number of halogens is 1. The Balaban J connectivity index is 2.18. The number of hydrogen-bond donors (Lipinski definition) is 1. The lowest BCUT2D eigenvalue weighted by Gasteiger charge is -2.05. The van der Waals surface area contributed by atoms with E-state index in [1.807, 2.05) is 12.3 Å². The summed E-state index contributed by atoms with van der Waals surface area (Å²) >= 11 is 3.55. The maximum Gasteiger partial charge on any atom is 0.0969 e. The standard InChI is InChI=1S/C13H17BrN4/c1-9(2)15-7-11-8-18(17-16-11)13-5-4-10(3)6-12(13)14/h4-6,8-9,15H,7H2,1-3H3. The molecule has 5 heteroatoms. The van der Waals surface area contributed by atoms with E-state index in [1.165, 1.54) is 5.56 Å². The monoisotopic (exact) mass is 308 g/mol. The largest absolute Gasteiger partial charge is 0.309 e. The highest BCUT2D eigenvalue weighted by atomic mass is 79.9. The quantitative estimate of drug-likeness (QED) is 0.944. The van der Waals surface area contributed by atoms with Gasteiger partial charge in [-0.1, -0.05) is 25.1 Å². The molecule has 0 unspecified atom stereocenters. The molecule has 0 aliphatic rings. The van der Waals surface area contributed by atoms with Gasteiger partial charge in [0, 0.05) is 17.1 Å². The topological polar surface area (TPSA) is 42.7 Å². The van der Waals surface area contributed by atoms with Gasteiger partial charge in [0.05, 0.1) is 17.6 Å². The van der Waals surface area contributed by atoms with E-state index in [2.05, 4.69) is 64.5 Å². The second kappa shape index (κ2) is 5.63. The minimum Gasteiger partial charge on any atom is -0.309 e. The summed E-state index contributed by atoms with van der Waals surface area (Å²) in [6, 6.07) is 6.62. The third-order valence-corrected chi connectivity index (χ3v) is 3.22. The van der Waals surface area contributed by atoms with Crippen molar-refractivity contribution in [2.45, 2.75) is 33.4 Å². The first-order valence-corrected chi connectivity index (χ1v) is 6.76. The van der Waals surface area contributed by atoms with Crippen molar-refractivity contribution in [3.8, 4) is 5.69 Å². The molecule has 0 fully saturated rings. The lowest BCUT2D eigenvalue weighted by atomic mass is 10.2. The van der Waals surface area contributed by atoms with Crippen molar-refractivity contribution in [3.63, 3.8) is 0 Å². The van der Waals surface area contributed by atoms with Gasteiger partial charge in [0.15, 0.2) is 0 Å². The maximum absolute atomic E-state index is 4.16. The molecule has 0 amide bonds. The Morgan fingerprint density at radius 1 is 1.39 bits per heavy atom. The van der Waals surface area contributed by atoms with Crippen LogP contribution in [-0.2, 0) is 6.54 Å². The van der Waals surface area contributed by atoms with Crippen molar-refractivity contribution in [2.75, 3.05) is 0 Å². The van der Waals surface area contributed by atoms with E-state index in [0.717, 1.165) is 22.4 Å². The zero-order chi connectivity index (χ0) is 13.1. The van der Waals surface area contributed by atoms with Crippen LogP contribution in [0.5, 0.6) is 0 Å². The van der Waals surface area contributed by atoms with E-state index in [9.17, 15) is 0 Å². The molecule has 1 N–H and O–H groups in total. The van der Waals surface area contributed by atoms with E-state index in [0.29, 0.717) is 6.04 Å². The third kappa shape index (κ3) is 3.17. The molecule has 0 radical (unpaired) electrons. The van der Waals surface area contributed by atoms with E-state index < -0.39 is 0 Å². The van der Waals surface area contributed by atoms with Crippen LogP contribution in [0.25, 0.3) is 5.69 Å². The Kier molecular flexibility index (Phi) is 4.14. The summed E-state index contributed by atoms with van der Waals surface area (Å²) in [5.74, 6) is 0. The Bertz CT molecular complexity index is 534. The van der Waals surface area contributed by atoms with Gasteiger partial charge in [-0.05, 0) is 40.5 Å². The molecule has 0 saturated heterocycles. The van der Waals surface area contributed by atoms with Crippen molar-refractivity contribution in [2.24, 2.45) is 0 Å². The minimum absolute atomic E-state index is 0.446. The first kappa shape index (κ1) is 13.2. The van der Waals surface area contributed by atoms with Gasteiger partial charge in [-0.3, -0.25) is 0 Å². The lowest BCUT2D eigenvalue weighted by Crippen LogP contribution is -2.21. The SMILES string of the molecule is Cc1ccc(-n2cc(CNC(C)C)nn2)c(Br)c1. The van der Waals surface area contributed by atoms with Crippen molar-refractivity contribution in [3.05, 3.63) is 40.1 Å². The molecule has 18 heavy (non-hydrogen) atoms. The summed E-state index contributed by atoms with van der Waals surface area (Å²) in [5.41, 5.74) is 3.16. The molecule has 2 aromatic rings.